The van der Waals surface area contributed by atoms with Crippen LogP contribution in [0.3, 0.4) is 0 Å². The van der Waals surface area contributed by atoms with Gasteiger partial charge in [-0.25, -0.2) is 4.98 Å². The van der Waals surface area contributed by atoms with E-state index in [2.05, 4.69) is 10.4 Å². The summed E-state index contributed by atoms with van der Waals surface area (Å²) in [5.74, 6) is -0.250. The molecule has 0 spiro atoms. The van der Waals surface area contributed by atoms with Crippen molar-refractivity contribution >= 4 is 45.7 Å². The van der Waals surface area contributed by atoms with Gasteiger partial charge in [-0.2, -0.15) is 5.10 Å². The first-order chi connectivity index (χ1) is 13.4. The lowest BCUT2D eigenvalue weighted by molar-refractivity contribution is 0.102. The van der Waals surface area contributed by atoms with Crippen LogP contribution in [-0.4, -0.2) is 20.7 Å². The van der Waals surface area contributed by atoms with Crippen molar-refractivity contribution in [1.82, 2.24) is 14.8 Å². The lowest BCUT2D eigenvalue weighted by Gasteiger charge is -2.11. The van der Waals surface area contributed by atoms with Crippen LogP contribution in [0.25, 0.3) is 22.2 Å². The number of anilines is 1. The van der Waals surface area contributed by atoms with Crippen LogP contribution in [0, 0.1) is 6.92 Å². The number of nitrogens with one attached hydrogen (secondary N) is 1. The quantitative estimate of drug-likeness (QED) is 0.484. The number of hydrogen-bond donors (Lipinski definition) is 1. The number of nitrogens with zero attached hydrogens (tertiary/aromatic N) is 3. The van der Waals surface area contributed by atoms with E-state index in [-0.39, 0.29) is 5.91 Å². The maximum absolute atomic E-state index is 13.1. The summed E-state index contributed by atoms with van der Waals surface area (Å²) in [6.45, 7) is 1.92. The van der Waals surface area contributed by atoms with E-state index >= 15 is 0 Å². The number of amides is 1. The zero-order valence-corrected chi connectivity index (χ0v) is 16.7. The number of hydrogen-bond acceptors (Lipinski definition) is 3. The molecule has 0 aliphatic rings. The van der Waals surface area contributed by atoms with Gasteiger partial charge < -0.3 is 5.32 Å². The number of para-hydroxylation sites is 1. The van der Waals surface area contributed by atoms with Gasteiger partial charge in [-0.1, -0.05) is 41.4 Å². The minimum atomic E-state index is -0.250. The Kier molecular flexibility index (Phi) is 4.79. The van der Waals surface area contributed by atoms with Crippen LogP contribution in [0.15, 0.2) is 54.7 Å². The molecule has 4 rings (SSSR count). The fraction of sp³-hybridized carbons (Fsp3) is 0.0952. The van der Waals surface area contributed by atoms with Crippen LogP contribution in [-0.2, 0) is 7.05 Å². The topological polar surface area (TPSA) is 59.8 Å². The maximum Gasteiger partial charge on any atom is 0.256 e. The number of carbonyl (C=O) groups is 1. The summed E-state index contributed by atoms with van der Waals surface area (Å²) in [5, 5.41) is 8.85. The molecule has 28 heavy (non-hydrogen) atoms. The predicted molar refractivity (Wildman–Crippen MR) is 113 cm³/mol. The summed E-state index contributed by atoms with van der Waals surface area (Å²) in [6, 6.07) is 14.3. The van der Waals surface area contributed by atoms with Crippen molar-refractivity contribution in [2.45, 2.75) is 6.92 Å². The molecule has 0 unspecified atom stereocenters. The van der Waals surface area contributed by atoms with E-state index < -0.39 is 0 Å². The third-order valence-electron chi connectivity index (χ3n) is 4.43. The molecule has 5 nitrogen and oxygen atoms in total. The van der Waals surface area contributed by atoms with Crippen LogP contribution >= 0.6 is 23.2 Å². The Hall–Kier alpha value is -2.89. The van der Waals surface area contributed by atoms with Crippen LogP contribution < -0.4 is 5.32 Å². The molecule has 2 heterocycles. The number of rotatable bonds is 3. The molecule has 0 saturated carbocycles. The van der Waals surface area contributed by atoms with E-state index in [4.69, 9.17) is 28.2 Å². The maximum atomic E-state index is 13.1. The molecule has 0 atom stereocenters. The van der Waals surface area contributed by atoms with Gasteiger partial charge >= 0.3 is 0 Å². The van der Waals surface area contributed by atoms with Crippen molar-refractivity contribution in [3.8, 4) is 11.3 Å². The highest BCUT2D eigenvalue weighted by Gasteiger charge is 2.16. The number of benzene rings is 2. The van der Waals surface area contributed by atoms with Crippen LogP contribution in [0.5, 0.6) is 0 Å². The fourth-order valence-electron chi connectivity index (χ4n) is 3.12. The highest BCUT2D eigenvalue weighted by Crippen LogP contribution is 2.28. The van der Waals surface area contributed by atoms with Gasteiger partial charge in [0.15, 0.2) is 0 Å². The molecule has 0 aliphatic carbocycles. The first kappa shape index (κ1) is 18.5. The van der Waals surface area contributed by atoms with Gasteiger partial charge in [-0.3, -0.25) is 9.48 Å². The molecule has 1 amide bonds. The van der Waals surface area contributed by atoms with E-state index in [1.807, 2.05) is 44.4 Å². The van der Waals surface area contributed by atoms with Crippen molar-refractivity contribution in [3.05, 3.63) is 76.0 Å². The molecule has 0 saturated heterocycles. The van der Waals surface area contributed by atoms with Gasteiger partial charge in [0, 0.05) is 29.9 Å². The summed E-state index contributed by atoms with van der Waals surface area (Å²) in [6.07, 6.45) is 1.90. The first-order valence-electron chi connectivity index (χ1n) is 8.59. The minimum absolute atomic E-state index is 0.250. The number of aryl methyl sites for hydroxylation is 2. The molecule has 7 heteroatoms. The molecule has 140 valence electrons. The Morgan fingerprint density at radius 2 is 1.86 bits per heavy atom. The zero-order valence-electron chi connectivity index (χ0n) is 15.2. The standard InChI is InChI=1S/C21H16Cl2N4O/c1-12-16(11-27(2)26-12)20-10-15(14-5-3-4-6-19(14)25-20)21(28)24-13-7-8-17(22)18(23)9-13/h3-11H,1-2H3,(H,24,28). The molecule has 1 N–H and O–H groups in total. The Labute approximate surface area is 171 Å². The largest absolute Gasteiger partial charge is 0.322 e. The summed E-state index contributed by atoms with van der Waals surface area (Å²) < 4.78 is 1.73. The summed E-state index contributed by atoms with van der Waals surface area (Å²) in [4.78, 5) is 17.8. The second-order valence-corrected chi connectivity index (χ2v) is 7.27. The van der Waals surface area contributed by atoms with Gasteiger partial charge in [-0.15, -0.1) is 0 Å². The number of carbonyl (C=O) groups excluding carboxylic acids is 1. The van der Waals surface area contributed by atoms with E-state index in [1.165, 1.54) is 0 Å². The van der Waals surface area contributed by atoms with E-state index in [9.17, 15) is 4.79 Å². The van der Waals surface area contributed by atoms with Crippen LogP contribution in [0.1, 0.15) is 16.1 Å². The van der Waals surface area contributed by atoms with Crippen LogP contribution in [0.2, 0.25) is 10.0 Å². The Morgan fingerprint density at radius 3 is 2.57 bits per heavy atom. The van der Waals surface area contributed by atoms with E-state index in [1.54, 1.807) is 28.9 Å². The molecular formula is C21H16Cl2N4O. The summed E-state index contributed by atoms with van der Waals surface area (Å²) in [7, 11) is 1.86. The molecule has 0 radical (unpaired) electrons. The summed E-state index contributed by atoms with van der Waals surface area (Å²) in [5.41, 5.74) is 4.26. The lowest BCUT2D eigenvalue weighted by atomic mass is 10.0. The van der Waals surface area contributed by atoms with E-state index in [0.29, 0.717) is 27.0 Å². The molecule has 0 bridgehead atoms. The van der Waals surface area contributed by atoms with Gasteiger partial charge in [-0.05, 0) is 37.3 Å². The van der Waals surface area contributed by atoms with Crippen molar-refractivity contribution in [2.24, 2.45) is 7.05 Å². The normalized spacial score (nSPS) is 11.0. The number of pyridine rings is 1. The summed E-state index contributed by atoms with van der Waals surface area (Å²) >= 11 is 12.0. The molecule has 4 aromatic rings. The first-order valence-corrected chi connectivity index (χ1v) is 9.35. The third-order valence-corrected chi connectivity index (χ3v) is 5.17. The second kappa shape index (κ2) is 7.26. The molecular weight excluding hydrogens is 395 g/mol. The third kappa shape index (κ3) is 3.46. The SMILES string of the molecule is Cc1nn(C)cc1-c1cc(C(=O)Nc2ccc(Cl)c(Cl)c2)c2ccccc2n1. The lowest BCUT2D eigenvalue weighted by Crippen LogP contribution is -2.13. The van der Waals surface area contributed by atoms with E-state index in [0.717, 1.165) is 22.2 Å². The van der Waals surface area contributed by atoms with Gasteiger partial charge in [0.1, 0.15) is 0 Å². The molecule has 0 fully saturated rings. The highest BCUT2D eigenvalue weighted by atomic mass is 35.5. The van der Waals surface area contributed by atoms with Gasteiger partial charge in [0.05, 0.1) is 32.5 Å². The van der Waals surface area contributed by atoms with Crippen molar-refractivity contribution in [3.63, 3.8) is 0 Å². The average Bonchev–Trinajstić information content (AvgIpc) is 3.02. The Bertz CT molecular complexity index is 1220. The average molecular weight is 411 g/mol. The Morgan fingerprint density at radius 1 is 1.07 bits per heavy atom. The monoisotopic (exact) mass is 410 g/mol. The van der Waals surface area contributed by atoms with Crippen molar-refractivity contribution in [1.29, 1.82) is 0 Å². The predicted octanol–water partition coefficient (Wildman–Crippen LogP) is 5.50. The molecule has 2 aromatic carbocycles. The number of fused-ring (bicyclic) bond motifs is 1. The van der Waals surface area contributed by atoms with Gasteiger partial charge in [0.2, 0.25) is 0 Å². The molecule has 2 aromatic heterocycles. The highest BCUT2D eigenvalue weighted by molar-refractivity contribution is 6.42. The Balaban J connectivity index is 1.81. The minimum Gasteiger partial charge on any atom is -0.322 e. The van der Waals surface area contributed by atoms with Crippen LogP contribution in [0.4, 0.5) is 5.69 Å². The van der Waals surface area contributed by atoms with Gasteiger partial charge in [0.25, 0.3) is 5.91 Å². The second-order valence-electron chi connectivity index (χ2n) is 6.46. The number of halogens is 2. The van der Waals surface area contributed by atoms with Crippen molar-refractivity contribution in [2.75, 3.05) is 5.32 Å². The van der Waals surface area contributed by atoms with Crippen molar-refractivity contribution < 1.29 is 4.79 Å². The number of aromatic nitrogens is 3. The zero-order chi connectivity index (χ0) is 19.8. The molecule has 0 aliphatic heterocycles. The fourth-order valence-corrected chi connectivity index (χ4v) is 3.42. The smallest absolute Gasteiger partial charge is 0.256 e.